The van der Waals surface area contributed by atoms with E-state index < -0.39 is 0 Å². The van der Waals surface area contributed by atoms with E-state index in [1.807, 2.05) is 18.2 Å². The Kier molecular flexibility index (Phi) is 3.85. The average Bonchev–Trinajstić information content (AvgIpc) is 2.75. The van der Waals surface area contributed by atoms with E-state index in [1.54, 1.807) is 0 Å². The van der Waals surface area contributed by atoms with Gasteiger partial charge in [-0.3, -0.25) is 10.3 Å². The minimum Gasteiger partial charge on any atom is -0.384 e. The summed E-state index contributed by atoms with van der Waals surface area (Å²) in [7, 11) is 0. The minimum atomic E-state index is 0.0272. The molecule has 2 saturated heterocycles. The molecule has 0 radical (unpaired) electrons. The van der Waals surface area contributed by atoms with Gasteiger partial charge in [-0.2, -0.15) is 0 Å². The highest BCUT2D eigenvalue weighted by Crippen LogP contribution is 2.28. The molecule has 5 heteroatoms. The summed E-state index contributed by atoms with van der Waals surface area (Å²) in [6.45, 7) is 4.61. The van der Waals surface area contributed by atoms with Crippen LogP contribution in [0.3, 0.4) is 0 Å². The number of nitrogen functional groups attached to an aromatic ring is 1. The summed E-state index contributed by atoms with van der Waals surface area (Å²) in [6, 6.07) is 6.52. The molecule has 1 unspecified atom stereocenters. The lowest BCUT2D eigenvalue weighted by Gasteiger charge is -2.27. The number of anilines is 1. The van der Waals surface area contributed by atoms with Crippen molar-refractivity contribution in [1.29, 1.82) is 5.41 Å². The number of benzene rings is 1. The summed E-state index contributed by atoms with van der Waals surface area (Å²) in [5.41, 5.74) is 7.28. The summed E-state index contributed by atoms with van der Waals surface area (Å²) < 4.78 is 0. The molecule has 0 saturated carbocycles. The molecule has 2 fully saturated rings. The maximum Gasteiger partial charge on any atom is 0.124 e. The lowest BCUT2D eigenvalue weighted by atomic mass is 10.1. The minimum absolute atomic E-state index is 0.0272. The molecule has 1 atom stereocenters. The van der Waals surface area contributed by atoms with Crippen molar-refractivity contribution in [3.8, 4) is 0 Å². The third-order valence-electron chi connectivity index (χ3n) is 4.41. The van der Waals surface area contributed by atoms with E-state index in [4.69, 9.17) is 22.7 Å². The van der Waals surface area contributed by atoms with Gasteiger partial charge in [-0.25, -0.2) is 0 Å². The van der Waals surface area contributed by atoms with Gasteiger partial charge in [0, 0.05) is 36.9 Å². The Morgan fingerprint density at radius 1 is 1.25 bits per heavy atom. The Hall–Kier alpha value is -1.26. The molecule has 2 aliphatic rings. The summed E-state index contributed by atoms with van der Waals surface area (Å²) in [5.74, 6) is 0.0272. The molecule has 0 spiro atoms. The first kappa shape index (κ1) is 13.7. The Morgan fingerprint density at radius 3 is 2.80 bits per heavy atom. The van der Waals surface area contributed by atoms with Crippen LogP contribution in [0.1, 0.15) is 24.8 Å². The molecular weight excluding hydrogens is 272 g/mol. The molecule has 2 aliphatic heterocycles. The highest BCUT2D eigenvalue weighted by Gasteiger charge is 2.28. The molecule has 3 rings (SSSR count). The van der Waals surface area contributed by atoms with Crippen LogP contribution in [0, 0.1) is 5.41 Å². The Labute approximate surface area is 125 Å². The lowest BCUT2D eigenvalue weighted by molar-refractivity contribution is 0.273. The lowest BCUT2D eigenvalue weighted by Crippen LogP contribution is -2.36. The number of hydrogen-bond donors (Lipinski definition) is 2. The van der Waals surface area contributed by atoms with Gasteiger partial charge in [-0.15, -0.1) is 0 Å². The first-order chi connectivity index (χ1) is 9.65. The van der Waals surface area contributed by atoms with Crippen molar-refractivity contribution in [2.45, 2.75) is 25.3 Å². The predicted molar refractivity (Wildman–Crippen MR) is 83.9 cm³/mol. The van der Waals surface area contributed by atoms with Gasteiger partial charge in [0.1, 0.15) is 5.84 Å². The van der Waals surface area contributed by atoms with Crippen LogP contribution in [0.4, 0.5) is 5.69 Å². The number of rotatable bonds is 2. The van der Waals surface area contributed by atoms with E-state index in [2.05, 4.69) is 9.80 Å². The molecule has 3 N–H and O–H groups in total. The normalized spacial score (nSPS) is 23.4. The molecule has 20 heavy (non-hydrogen) atoms. The van der Waals surface area contributed by atoms with Crippen molar-refractivity contribution in [1.82, 2.24) is 4.90 Å². The SMILES string of the molecule is N=C(N)c1ccc(N2CCCN3CCCC3C2)cc1Cl. The molecule has 108 valence electrons. The van der Waals surface area contributed by atoms with Gasteiger partial charge in [0.25, 0.3) is 0 Å². The third-order valence-corrected chi connectivity index (χ3v) is 4.72. The van der Waals surface area contributed by atoms with Gasteiger partial charge in [-0.1, -0.05) is 11.6 Å². The van der Waals surface area contributed by atoms with Crippen LogP contribution >= 0.6 is 11.6 Å². The predicted octanol–water partition coefficient (Wildman–Crippen LogP) is 2.30. The fourth-order valence-electron chi connectivity index (χ4n) is 3.36. The maximum absolute atomic E-state index is 7.50. The number of nitrogens with two attached hydrogens (primary N) is 1. The van der Waals surface area contributed by atoms with Gasteiger partial charge in [0.05, 0.1) is 5.02 Å². The molecule has 1 aromatic rings. The van der Waals surface area contributed by atoms with Crippen LogP contribution in [0.15, 0.2) is 18.2 Å². The molecule has 0 aliphatic carbocycles. The van der Waals surface area contributed by atoms with Crippen molar-refractivity contribution in [3.63, 3.8) is 0 Å². The monoisotopic (exact) mass is 292 g/mol. The van der Waals surface area contributed by atoms with Crippen LogP contribution in [0.2, 0.25) is 5.02 Å². The highest BCUT2D eigenvalue weighted by atomic mass is 35.5. The Bertz CT molecular complexity index is 517. The molecular formula is C15H21ClN4. The third kappa shape index (κ3) is 2.63. The van der Waals surface area contributed by atoms with Gasteiger partial charge < -0.3 is 10.6 Å². The van der Waals surface area contributed by atoms with Crippen LogP contribution in [0.5, 0.6) is 0 Å². The summed E-state index contributed by atoms with van der Waals surface area (Å²) in [6.07, 6.45) is 3.82. The second-order valence-electron chi connectivity index (χ2n) is 5.71. The zero-order chi connectivity index (χ0) is 14.1. The molecule has 0 aromatic heterocycles. The highest BCUT2D eigenvalue weighted by molar-refractivity contribution is 6.34. The largest absolute Gasteiger partial charge is 0.384 e. The number of halogens is 1. The van der Waals surface area contributed by atoms with Crippen molar-refractivity contribution in [2.24, 2.45) is 5.73 Å². The second-order valence-corrected chi connectivity index (χ2v) is 6.12. The molecule has 0 amide bonds. The first-order valence-corrected chi connectivity index (χ1v) is 7.66. The standard InChI is InChI=1S/C15H21ClN4/c16-14-9-11(4-5-13(14)15(17)18)20-8-2-7-19-6-1-3-12(19)10-20/h4-5,9,12H,1-3,6-8,10H2,(H3,17,18). The van der Waals surface area contributed by atoms with Gasteiger partial charge in [0.15, 0.2) is 0 Å². The second kappa shape index (κ2) is 5.62. The van der Waals surface area contributed by atoms with Crippen LogP contribution < -0.4 is 10.6 Å². The summed E-state index contributed by atoms with van der Waals surface area (Å²) >= 11 is 6.24. The zero-order valence-corrected chi connectivity index (χ0v) is 12.4. The van der Waals surface area contributed by atoms with E-state index >= 15 is 0 Å². The maximum atomic E-state index is 7.50. The summed E-state index contributed by atoms with van der Waals surface area (Å²) in [4.78, 5) is 5.04. The zero-order valence-electron chi connectivity index (χ0n) is 11.6. The quantitative estimate of drug-likeness (QED) is 0.649. The van der Waals surface area contributed by atoms with Crippen molar-refractivity contribution >= 4 is 23.1 Å². The number of nitrogens with one attached hydrogen (secondary N) is 1. The van der Waals surface area contributed by atoms with Gasteiger partial charge >= 0.3 is 0 Å². The molecule has 2 heterocycles. The van der Waals surface area contributed by atoms with E-state index in [-0.39, 0.29) is 5.84 Å². The average molecular weight is 293 g/mol. The Balaban J connectivity index is 1.81. The smallest absolute Gasteiger partial charge is 0.124 e. The number of nitrogens with zero attached hydrogens (tertiary/aromatic N) is 2. The number of hydrogen-bond acceptors (Lipinski definition) is 3. The molecule has 4 nitrogen and oxygen atoms in total. The van der Waals surface area contributed by atoms with Crippen molar-refractivity contribution in [3.05, 3.63) is 28.8 Å². The van der Waals surface area contributed by atoms with Gasteiger partial charge in [0.2, 0.25) is 0 Å². The first-order valence-electron chi connectivity index (χ1n) is 7.28. The van der Waals surface area contributed by atoms with Crippen LogP contribution in [0.25, 0.3) is 0 Å². The van der Waals surface area contributed by atoms with Crippen molar-refractivity contribution in [2.75, 3.05) is 31.1 Å². The molecule has 1 aromatic carbocycles. The fourth-order valence-corrected chi connectivity index (χ4v) is 3.64. The fraction of sp³-hybridized carbons (Fsp3) is 0.533. The summed E-state index contributed by atoms with van der Waals surface area (Å²) in [5, 5.41) is 8.07. The van der Waals surface area contributed by atoms with Crippen molar-refractivity contribution < 1.29 is 0 Å². The topological polar surface area (TPSA) is 56.4 Å². The van der Waals surface area contributed by atoms with Crippen LogP contribution in [-0.4, -0.2) is 43.0 Å². The van der Waals surface area contributed by atoms with E-state index in [0.717, 1.165) is 18.8 Å². The molecule has 0 bridgehead atoms. The van der Waals surface area contributed by atoms with Crippen LogP contribution in [-0.2, 0) is 0 Å². The number of amidine groups is 1. The van der Waals surface area contributed by atoms with E-state index in [1.165, 1.54) is 32.4 Å². The van der Waals surface area contributed by atoms with Gasteiger partial charge in [-0.05, 0) is 44.0 Å². The Morgan fingerprint density at radius 2 is 2.05 bits per heavy atom. The van der Waals surface area contributed by atoms with E-state index in [9.17, 15) is 0 Å². The number of fused-ring (bicyclic) bond motifs is 1. The van der Waals surface area contributed by atoms with E-state index in [0.29, 0.717) is 16.6 Å².